The van der Waals surface area contributed by atoms with Crippen molar-refractivity contribution in [3.05, 3.63) is 23.2 Å². The molecule has 0 unspecified atom stereocenters. The van der Waals surface area contributed by atoms with E-state index in [9.17, 15) is 0 Å². The van der Waals surface area contributed by atoms with Crippen molar-refractivity contribution >= 4 is 17.1 Å². The zero-order valence-corrected chi connectivity index (χ0v) is 8.04. The lowest BCUT2D eigenvalue weighted by Gasteiger charge is -1.99. The number of halogens is 1. The van der Waals surface area contributed by atoms with E-state index >= 15 is 0 Å². The maximum Gasteiger partial charge on any atom is 0.149 e. The zero-order valence-electron chi connectivity index (χ0n) is 7.28. The Hall–Kier alpha value is -1.29. The maximum atomic E-state index is 5.92. The van der Waals surface area contributed by atoms with Gasteiger partial charge in [-0.25, -0.2) is 9.50 Å². The largest absolute Gasteiger partial charge is 0.494 e. The van der Waals surface area contributed by atoms with E-state index in [2.05, 4.69) is 10.1 Å². The lowest BCUT2D eigenvalue weighted by Crippen LogP contribution is -1.96. The Kier molecular flexibility index (Phi) is 1.84. The van der Waals surface area contributed by atoms with E-state index in [1.54, 1.807) is 17.7 Å². The Labute approximate surface area is 80.1 Å². The van der Waals surface area contributed by atoms with Crippen molar-refractivity contribution in [3.8, 4) is 5.75 Å². The topological polar surface area (TPSA) is 39.4 Å². The monoisotopic (exact) mass is 197 g/mol. The molecule has 2 rings (SSSR count). The van der Waals surface area contributed by atoms with Gasteiger partial charge in [-0.15, -0.1) is 0 Å². The smallest absolute Gasteiger partial charge is 0.149 e. The first-order valence-corrected chi connectivity index (χ1v) is 4.14. The van der Waals surface area contributed by atoms with E-state index in [0.717, 1.165) is 11.2 Å². The van der Waals surface area contributed by atoms with Gasteiger partial charge in [0.2, 0.25) is 0 Å². The van der Waals surface area contributed by atoms with Crippen LogP contribution in [0.2, 0.25) is 5.15 Å². The van der Waals surface area contributed by atoms with Gasteiger partial charge in [-0.1, -0.05) is 11.6 Å². The Balaban J connectivity index is 2.89. The maximum absolute atomic E-state index is 5.92. The van der Waals surface area contributed by atoms with Crippen LogP contribution in [0.1, 0.15) is 5.69 Å². The van der Waals surface area contributed by atoms with Crippen molar-refractivity contribution in [2.24, 2.45) is 0 Å². The van der Waals surface area contributed by atoms with Gasteiger partial charge in [0.05, 0.1) is 12.8 Å². The Morgan fingerprint density at radius 1 is 1.54 bits per heavy atom. The summed E-state index contributed by atoms with van der Waals surface area (Å²) in [7, 11) is 1.60. The van der Waals surface area contributed by atoms with Gasteiger partial charge in [-0.05, 0) is 6.92 Å². The van der Waals surface area contributed by atoms with E-state index in [0.29, 0.717) is 10.9 Å². The minimum atomic E-state index is 0.525. The molecule has 0 aromatic carbocycles. The van der Waals surface area contributed by atoms with Crippen molar-refractivity contribution in [1.29, 1.82) is 0 Å². The third-order valence-electron chi connectivity index (χ3n) is 1.88. The number of methoxy groups -OCH3 is 1. The van der Waals surface area contributed by atoms with Crippen LogP contribution in [-0.4, -0.2) is 21.7 Å². The molecule has 13 heavy (non-hydrogen) atoms. The molecule has 0 atom stereocenters. The summed E-state index contributed by atoms with van der Waals surface area (Å²) in [4.78, 5) is 4.06. The van der Waals surface area contributed by atoms with Crippen LogP contribution in [0.5, 0.6) is 5.75 Å². The molecule has 68 valence electrons. The van der Waals surface area contributed by atoms with Gasteiger partial charge in [0.15, 0.2) is 0 Å². The molecule has 0 saturated heterocycles. The number of fused-ring (bicyclic) bond motifs is 1. The number of hydrogen-bond acceptors (Lipinski definition) is 3. The molecule has 0 radical (unpaired) electrons. The second-order valence-corrected chi connectivity index (χ2v) is 3.03. The number of nitrogens with zero attached hydrogens (tertiary/aromatic N) is 3. The van der Waals surface area contributed by atoms with Gasteiger partial charge in [-0.3, -0.25) is 0 Å². The van der Waals surface area contributed by atoms with Crippen LogP contribution < -0.4 is 4.74 Å². The van der Waals surface area contributed by atoms with Gasteiger partial charge in [-0.2, -0.15) is 5.10 Å². The molecule has 0 aliphatic carbocycles. The molecule has 0 amide bonds. The van der Waals surface area contributed by atoms with E-state index in [4.69, 9.17) is 16.3 Å². The van der Waals surface area contributed by atoms with Gasteiger partial charge in [0.1, 0.15) is 22.7 Å². The first-order valence-electron chi connectivity index (χ1n) is 3.77. The third kappa shape index (κ3) is 1.14. The number of ether oxygens (including phenoxy) is 1. The molecule has 2 heterocycles. The van der Waals surface area contributed by atoms with Crippen LogP contribution in [0.4, 0.5) is 0 Å². The van der Waals surface area contributed by atoms with Gasteiger partial charge >= 0.3 is 0 Å². The minimum absolute atomic E-state index is 0.525. The quantitative estimate of drug-likeness (QED) is 0.699. The van der Waals surface area contributed by atoms with Crippen LogP contribution in [0.25, 0.3) is 5.52 Å². The summed E-state index contributed by atoms with van der Waals surface area (Å²) in [5.41, 5.74) is 1.66. The SMILES string of the molecule is COc1cc(Cl)n2ncnc(C)c12. The highest BCUT2D eigenvalue weighted by Crippen LogP contribution is 2.27. The van der Waals surface area contributed by atoms with E-state index < -0.39 is 0 Å². The second-order valence-electron chi connectivity index (χ2n) is 2.64. The predicted molar refractivity (Wildman–Crippen MR) is 49.3 cm³/mol. The van der Waals surface area contributed by atoms with Crippen molar-refractivity contribution < 1.29 is 4.74 Å². The van der Waals surface area contributed by atoms with Crippen molar-refractivity contribution in [1.82, 2.24) is 14.6 Å². The average Bonchev–Trinajstić information content (AvgIpc) is 2.45. The summed E-state index contributed by atoms with van der Waals surface area (Å²) in [6, 6.07) is 1.72. The molecule has 4 nitrogen and oxygen atoms in total. The van der Waals surface area contributed by atoms with Crippen LogP contribution in [0.15, 0.2) is 12.4 Å². The number of aryl methyl sites for hydroxylation is 1. The minimum Gasteiger partial charge on any atom is -0.494 e. The molecule has 5 heteroatoms. The molecule has 2 aromatic rings. The summed E-state index contributed by atoms with van der Waals surface area (Å²) in [6.07, 6.45) is 1.47. The van der Waals surface area contributed by atoms with Gasteiger partial charge < -0.3 is 4.74 Å². The fourth-order valence-electron chi connectivity index (χ4n) is 1.27. The molecule has 0 spiro atoms. The summed E-state index contributed by atoms with van der Waals surface area (Å²) in [6.45, 7) is 1.88. The fraction of sp³-hybridized carbons (Fsp3) is 0.250. The molecule has 0 N–H and O–H groups in total. The van der Waals surface area contributed by atoms with E-state index in [1.165, 1.54) is 6.33 Å². The first-order chi connectivity index (χ1) is 6.24. The Bertz CT molecular complexity index is 452. The first kappa shape index (κ1) is 8.31. The fourth-order valence-corrected chi connectivity index (χ4v) is 1.50. The molecular weight excluding hydrogens is 190 g/mol. The molecule has 2 aromatic heterocycles. The predicted octanol–water partition coefficient (Wildman–Crippen LogP) is 1.70. The number of rotatable bonds is 1. The standard InChI is InChI=1S/C8H8ClN3O/c1-5-8-6(13-2)3-7(9)12(8)11-4-10-5/h3-4H,1-2H3. The van der Waals surface area contributed by atoms with Crippen LogP contribution in [-0.2, 0) is 0 Å². The Morgan fingerprint density at radius 3 is 3.00 bits per heavy atom. The van der Waals surface area contributed by atoms with Gasteiger partial charge in [0.25, 0.3) is 0 Å². The zero-order chi connectivity index (χ0) is 9.42. The van der Waals surface area contributed by atoms with Gasteiger partial charge in [0, 0.05) is 6.07 Å². The van der Waals surface area contributed by atoms with Crippen LogP contribution in [0, 0.1) is 6.92 Å². The highest BCUT2D eigenvalue weighted by Gasteiger charge is 2.10. The van der Waals surface area contributed by atoms with E-state index in [-0.39, 0.29) is 0 Å². The van der Waals surface area contributed by atoms with Crippen molar-refractivity contribution in [2.75, 3.05) is 7.11 Å². The molecule has 0 fully saturated rings. The molecule has 0 aliphatic heterocycles. The normalized spacial score (nSPS) is 10.7. The number of hydrogen-bond donors (Lipinski definition) is 0. The molecule has 0 aliphatic rings. The molecule has 0 saturated carbocycles. The van der Waals surface area contributed by atoms with Crippen molar-refractivity contribution in [3.63, 3.8) is 0 Å². The lowest BCUT2D eigenvalue weighted by molar-refractivity contribution is 0.419. The summed E-state index contributed by atoms with van der Waals surface area (Å²) in [5.74, 6) is 0.697. The highest BCUT2D eigenvalue weighted by atomic mass is 35.5. The lowest BCUT2D eigenvalue weighted by atomic mass is 10.4. The second kappa shape index (κ2) is 2.88. The summed E-state index contributed by atoms with van der Waals surface area (Å²) >= 11 is 5.92. The molecular formula is C8H8ClN3O. The summed E-state index contributed by atoms with van der Waals surface area (Å²) in [5, 5.41) is 4.53. The van der Waals surface area contributed by atoms with E-state index in [1.807, 2.05) is 6.92 Å². The van der Waals surface area contributed by atoms with Crippen molar-refractivity contribution in [2.45, 2.75) is 6.92 Å². The Morgan fingerprint density at radius 2 is 2.31 bits per heavy atom. The van der Waals surface area contributed by atoms with Crippen LogP contribution in [0.3, 0.4) is 0 Å². The highest BCUT2D eigenvalue weighted by molar-refractivity contribution is 6.30. The average molecular weight is 198 g/mol. The van der Waals surface area contributed by atoms with Crippen LogP contribution >= 0.6 is 11.6 Å². The summed E-state index contributed by atoms with van der Waals surface area (Å²) < 4.78 is 6.74. The third-order valence-corrected chi connectivity index (χ3v) is 2.15. The number of aromatic nitrogens is 3. The molecule has 0 bridgehead atoms.